The summed E-state index contributed by atoms with van der Waals surface area (Å²) in [7, 11) is 0. The normalized spacial score (nSPS) is 21.2. The monoisotopic (exact) mass is 274 g/mol. The summed E-state index contributed by atoms with van der Waals surface area (Å²) in [6, 6.07) is -2.70. The first-order valence-electron chi connectivity index (χ1n) is 7.58. The lowest BCUT2D eigenvalue weighted by molar-refractivity contribution is -0.111. The number of rotatable bonds is 0. The molecule has 2 aliphatic rings. The molecule has 1 aromatic carbocycles. The number of benzene rings is 1. The number of hydrogen-bond acceptors (Lipinski definition) is 5. The molecule has 5 heteroatoms. The molecule has 20 heavy (non-hydrogen) atoms. The maximum absolute atomic E-state index is 12.7. The van der Waals surface area contributed by atoms with Crippen molar-refractivity contribution in [2.24, 2.45) is 0 Å². The number of carbonyl (C=O) groups is 2. The van der Waals surface area contributed by atoms with Crippen LogP contribution in [0.3, 0.4) is 0 Å². The predicted octanol–water partition coefficient (Wildman–Crippen LogP) is 2.12. The Hall–Kier alpha value is -2.82. The second-order valence-electron chi connectivity index (χ2n) is 4.33. The number of phenols is 1. The lowest BCUT2D eigenvalue weighted by Crippen LogP contribution is -2.22. The van der Waals surface area contributed by atoms with Crippen LogP contribution in [0.4, 0.5) is 0 Å². The molecule has 0 saturated heterocycles. The van der Waals surface area contributed by atoms with E-state index in [0.29, 0.717) is 0 Å². The third-order valence-electron chi connectivity index (χ3n) is 2.99. The Morgan fingerprint density at radius 3 is 2.50 bits per heavy atom. The van der Waals surface area contributed by atoms with Gasteiger partial charge < -0.3 is 15.3 Å². The zero-order chi connectivity index (χ0) is 18.1. The Kier molecular flexibility index (Phi) is 1.61. The Balaban J connectivity index is 2.54. The van der Waals surface area contributed by atoms with Gasteiger partial charge in [0.15, 0.2) is 11.6 Å². The molecular formula is C15H10O5. The molecule has 0 fully saturated rings. The van der Waals surface area contributed by atoms with E-state index in [0.717, 1.165) is 0 Å². The Morgan fingerprint density at radius 2 is 1.80 bits per heavy atom. The smallest absolute Gasteiger partial charge is 0.194 e. The van der Waals surface area contributed by atoms with Crippen LogP contribution in [-0.4, -0.2) is 26.9 Å². The SMILES string of the molecule is [2H]C1=C(O)C([2H])=C2C(=O)c3c([2H])c(C)c([2H])c(O)c3C(O)=C2C1=O. The van der Waals surface area contributed by atoms with Crippen LogP contribution in [0, 0.1) is 6.92 Å². The van der Waals surface area contributed by atoms with Gasteiger partial charge in [-0.15, -0.1) is 0 Å². The summed E-state index contributed by atoms with van der Waals surface area (Å²) < 4.78 is 31.0. The van der Waals surface area contributed by atoms with E-state index in [2.05, 4.69) is 0 Å². The molecule has 1 aromatic rings. The fourth-order valence-electron chi connectivity index (χ4n) is 2.18. The molecule has 5 nitrogen and oxygen atoms in total. The van der Waals surface area contributed by atoms with E-state index in [1.807, 2.05) is 0 Å². The molecule has 0 heterocycles. The van der Waals surface area contributed by atoms with Gasteiger partial charge in [0, 0.05) is 17.2 Å². The molecule has 0 aliphatic heterocycles. The maximum Gasteiger partial charge on any atom is 0.194 e. The number of carbonyl (C=O) groups excluding carboxylic acids is 2. The largest absolute Gasteiger partial charge is 0.508 e. The van der Waals surface area contributed by atoms with E-state index < -0.39 is 75.3 Å². The number of phenolic OH excluding ortho intramolecular Hbond substituents is 1. The molecule has 0 amide bonds. The van der Waals surface area contributed by atoms with Crippen LogP contribution in [0.2, 0.25) is 0 Å². The zero-order valence-corrected chi connectivity index (χ0v) is 10.2. The maximum atomic E-state index is 12.7. The van der Waals surface area contributed by atoms with Crippen LogP contribution in [0.5, 0.6) is 5.75 Å². The highest BCUT2D eigenvalue weighted by Crippen LogP contribution is 2.40. The fraction of sp³-hybridized carbons (Fsp3) is 0.0667. The molecule has 3 rings (SSSR count). The van der Waals surface area contributed by atoms with E-state index >= 15 is 0 Å². The van der Waals surface area contributed by atoms with Gasteiger partial charge in [-0.05, 0) is 30.6 Å². The molecule has 0 saturated carbocycles. The third kappa shape index (κ3) is 1.50. The molecular weight excluding hydrogens is 260 g/mol. The number of aliphatic hydroxyl groups excluding tert-OH is 2. The van der Waals surface area contributed by atoms with Crippen molar-refractivity contribution in [2.75, 3.05) is 0 Å². The summed E-state index contributed by atoms with van der Waals surface area (Å²) in [5.74, 6) is -4.88. The Morgan fingerprint density at radius 1 is 1.10 bits per heavy atom. The molecule has 0 unspecified atom stereocenters. The van der Waals surface area contributed by atoms with Crippen molar-refractivity contribution < 1.29 is 30.4 Å². The zero-order valence-electron chi connectivity index (χ0n) is 14.2. The molecule has 0 bridgehead atoms. The number of allylic oxidation sites excluding steroid dienone is 4. The molecule has 0 atom stereocenters. The molecule has 0 spiro atoms. The van der Waals surface area contributed by atoms with E-state index in [1.165, 1.54) is 6.92 Å². The van der Waals surface area contributed by atoms with Crippen molar-refractivity contribution >= 4 is 17.3 Å². The fourth-order valence-corrected chi connectivity index (χ4v) is 2.18. The lowest BCUT2D eigenvalue weighted by atomic mass is 9.80. The van der Waals surface area contributed by atoms with Crippen LogP contribution in [0.15, 0.2) is 41.1 Å². The molecule has 2 aliphatic carbocycles. The van der Waals surface area contributed by atoms with Crippen molar-refractivity contribution in [1.29, 1.82) is 0 Å². The van der Waals surface area contributed by atoms with E-state index in [-0.39, 0.29) is 5.56 Å². The van der Waals surface area contributed by atoms with Gasteiger partial charge >= 0.3 is 0 Å². The third-order valence-corrected chi connectivity index (χ3v) is 2.99. The van der Waals surface area contributed by atoms with Crippen LogP contribution in [0.1, 0.15) is 27.0 Å². The molecule has 3 N–H and O–H groups in total. The number of aromatic hydroxyl groups is 1. The van der Waals surface area contributed by atoms with Gasteiger partial charge in [-0.25, -0.2) is 0 Å². The summed E-state index contributed by atoms with van der Waals surface area (Å²) >= 11 is 0. The van der Waals surface area contributed by atoms with Crippen molar-refractivity contribution in [2.45, 2.75) is 6.92 Å². The van der Waals surface area contributed by atoms with E-state index in [4.69, 9.17) is 5.48 Å². The van der Waals surface area contributed by atoms with Crippen molar-refractivity contribution in [3.05, 3.63) is 57.8 Å². The average molecular weight is 274 g/mol. The van der Waals surface area contributed by atoms with Crippen LogP contribution in [-0.2, 0) is 4.79 Å². The van der Waals surface area contributed by atoms with Crippen LogP contribution >= 0.6 is 0 Å². The highest BCUT2D eigenvalue weighted by atomic mass is 16.3. The minimum Gasteiger partial charge on any atom is -0.508 e. The highest BCUT2D eigenvalue weighted by Gasteiger charge is 2.36. The first-order chi connectivity index (χ1) is 11.1. The first-order valence-corrected chi connectivity index (χ1v) is 5.58. The molecule has 100 valence electrons. The number of aliphatic hydroxyl groups is 2. The van der Waals surface area contributed by atoms with E-state index in [1.54, 1.807) is 0 Å². The van der Waals surface area contributed by atoms with Gasteiger partial charge in [0.1, 0.15) is 17.3 Å². The number of Topliss-reactive ketones (excluding diaryl/α,β-unsaturated/α-hetero) is 1. The van der Waals surface area contributed by atoms with Gasteiger partial charge in [-0.2, -0.15) is 0 Å². The number of fused-ring (bicyclic) bond motifs is 2. The predicted molar refractivity (Wildman–Crippen MR) is 70.5 cm³/mol. The van der Waals surface area contributed by atoms with Crippen molar-refractivity contribution in [3.63, 3.8) is 0 Å². The summed E-state index contributed by atoms with van der Waals surface area (Å²) in [4.78, 5) is 24.8. The van der Waals surface area contributed by atoms with Gasteiger partial charge in [0.25, 0.3) is 0 Å². The minimum atomic E-state index is -1.19. The van der Waals surface area contributed by atoms with Gasteiger partial charge in [0.05, 0.1) is 16.6 Å². The number of hydrogen-bond donors (Lipinski definition) is 3. The molecule has 0 aromatic heterocycles. The van der Waals surface area contributed by atoms with Crippen molar-refractivity contribution in [1.82, 2.24) is 0 Å². The Labute approximate surface area is 119 Å². The number of ketones is 2. The Bertz CT molecular complexity index is 969. The summed E-state index contributed by atoms with van der Waals surface area (Å²) in [6.07, 6.45) is 0. The van der Waals surface area contributed by atoms with Crippen LogP contribution < -0.4 is 0 Å². The van der Waals surface area contributed by atoms with Crippen molar-refractivity contribution in [3.8, 4) is 5.75 Å². The quantitative estimate of drug-likeness (QED) is 0.673. The second-order valence-corrected chi connectivity index (χ2v) is 4.33. The minimum absolute atomic E-state index is 0.0222. The van der Waals surface area contributed by atoms with Gasteiger partial charge in [-0.3, -0.25) is 9.59 Å². The van der Waals surface area contributed by atoms with E-state index in [9.17, 15) is 24.9 Å². The summed E-state index contributed by atoms with van der Waals surface area (Å²) in [5.41, 5.74) is -2.36. The van der Waals surface area contributed by atoms with Crippen LogP contribution in [0.25, 0.3) is 5.76 Å². The highest BCUT2D eigenvalue weighted by molar-refractivity contribution is 6.29. The molecule has 0 radical (unpaired) electrons. The van der Waals surface area contributed by atoms with Gasteiger partial charge in [0.2, 0.25) is 0 Å². The standard InChI is InChI=1S/C15H10O5/c1-6-2-8-12(10(17)3-6)15(20)13-9(14(8)19)4-7(16)5-11(13)18/h2-5,16-17,20H,1H3/i2D,3D,4D,5D. The second kappa shape index (κ2) is 3.84. The first kappa shape index (κ1) is 8.37. The summed E-state index contributed by atoms with van der Waals surface area (Å²) in [5, 5.41) is 30.1. The average Bonchev–Trinajstić information content (AvgIpc) is 2.55. The van der Waals surface area contributed by atoms with Gasteiger partial charge in [-0.1, -0.05) is 0 Å². The topological polar surface area (TPSA) is 94.8 Å². The lowest BCUT2D eigenvalue weighted by Gasteiger charge is -2.23. The summed E-state index contributed by atoms with van der Waals surface area (Å²) in [6.45, 7) is 1.33.